The van der Waals surface area contributed by atoms with Crippen molar-refractivity contribution in [2.45, 2.75) is 12.5 Å². The van der Waals surface area contributed by atoms with E-state index in [2.05, 4.69) is 5.32 Å². The number of hydrogen-bond donors (Lipinski definition) is 1. The summed E-state index contributed by atoms with van der Waals surface area (Å²) in [7, 11) is 1.55. The van der Waals surface area contributed by atoms with Gasteiger partial charge in [0, 0.05) is 19.5 Å². The third kappa shape index (κ3) is 6.09. The highest BCUT2D eigenvalue weighted by atomic mass is 35.5. The molecule has 1 aliphatic rings. The third-order valence-electron chi connectivity index (χ3n) is 3.12. The van der Waals surface area contributed by atoms with E-state index in [1.54, 1.807) is 19.2 Å². The molecule has 7 heteroatoms. The Morgan fingerprint density at radius 3 is 2.82 bits per heavy atom. The van der Waals surface area contributed by atoms with Crippen LogP contribution in [-0.2, 0) is 14.3 Å². The van der Waals surface area contributed by atoms with Crippen LogP contribution in [0.5, 0.6) is 11.5 Å². The number of halogens is 1. The summed E-state index contributed by atoms with van der Waals surface area (Å²) in [5.74, 6) is 0.716. The van der Waals surface area contributed by atoms with E-state index in [1.807, 2.05) is 12.1 Å². The fourth-order valence-corrected chi connectivity index (χ4v) is 2.03. The van der Waals surface area contributed by atoms with Crippen molar-refractivity contribution in [2.75, 3.05) is 40.0 Å². The number of nitrogens with one attached hydrogen (secondary N) is 1. The van der Waals surface area contributed by atoms with Gasteiger partial charge in [0.1, 0.15) is 0 Å². The molecule has 0 amide bonds. The Balaban J connectivity index is 0.00000242. The molecule has 0 saturated carbocycles. The highest BCUT2D eigenvalue weighted by molar-refractivity contribution is 5.85. The zero-order valence-corrected chi connectivity index (χ0v) is 13.4. The zero-order chi connectivity index (χ0) is 14.9. The van der Waals surface area contributed by atoms with Crippen molar-refractivity contribution in [3.63, 3.8) is 0 Å². The molecule has 6 nitrogen and oxygen atoms in total. The Morgan fingerprint density at radius 1 is 1.36 bits per heavy atom. The van der Waals surface area contributed by atoms with Gasteiger partial charge in [-0.05, 0) is 12.1 Å². The van der Waals surface area contributed by atoms with E-state index in [4.69, 9.17) is 18.9 Å². The van der Waals surface area contributed by atoms with Crippen LogP contribution >= 0.6 is 12.4 Å². The molecule has 1 aromatic rings. The maximum Gasteiger partial charge on any atom is 0.344 e. The second-order valence-corrected chi connectivity index (χ2v) is 4.65. The molecule has 1 unspecified atom stereocenters. The number of carbonyl (C=O) groups excluding carboxylic acids is 1. The van der Waals surface area contributed by atoms with E-state index in [0.29, 0.717) is 31.1 Å². The van der Waals surface area contributed by atoms with Gasteiger partial charge in [0.2, 0.25) is 0 Å². The lowest BCUT2D eigenvalue weighted by molar-refractivity contribution is -0.147. The molecule has 1 aromatic carbocycles. The van der Waals surface area contributed by atoms with Crippen LogP contribution in [0.15, 0.2) is 24.3 Å². The van der Waals surface area contributed by atoms with Gasteiger partial charge in [-0.1, -0.05) is 12.1 Å². The molecule has 0 aliphatic carbocycles. The Morgan fingerprint density at radius 2 is 2.14 bits per heavy atom. The van der Waals surface area contributed by atoms with Crippen molar-refractivity contribution >= 4 is 18.4 Å². The summed E-state index contributed by atoms with van der Waals surface area (Å²) in [6, 6.07) is 7.17. The molecule has 0 radical (unpaired) electrons. The highest BCUT2D eigenvalue weighted by Gasteiger charge is 2.14. The summed E-state index contributed by atoms with van der Waals surface area (Å²) >= 11 is 0. The summed E-state index contributed by atoms with van der Waals surface area (Å²) in [5.41, 5.74) is 0. The molecule has 0 aromatic heterocycles. The molecule has 1 N–H and O–H groups in total. The Bertz CT molecular complexity index is 451. The minimum atomic E-state index is -0.398. The minimum Gasteiger partial charge on any atom is -0.493 e. The van der Waals surface area contributed by atoms with E-state index in [1.165, 1.54) is 0 Å². The third-order valence-corrected chi connectivity index (χ3v) is 3.12. The van der Waals surface area contributed by atoms with Gasteiger partial charge in [0.15, 0.2) is 18.1 Å². The molecule has 1 aliphatic heterocycles. The fraction of sp³-hybridized carbons (Fsp3) is 0.533. The van der Waals surface area contributed by atoms with Crippen LogP contribution in [0.25, 0.3) is 0 Å². The predicted octanol–water partition coefficient (Wildman–Crippen LogP) is 1.42. The normalized spacial score (nSPS) is 17.2. The van der Waals surface area contributed by atoms with Crippen molar-refractivity contribution in [1.29, 1.82) is 0 Å². The van der Waals surface area contributed by atoms with Crippen LogP contribution < -0.4 is 14.8 Å². The van der Waals surface area contributed by atoms with Gasteiger partial charge in [0.25, 0.3) is 0 Å². The van der Waals surface area contributed by atoms with Crippen LogP contribution in [-0.4, -0.2) is 52.1 Å². The average molecular weight is 332 g/mol. The molecule has 1 saturated heterocycles. The summed E-state index contributed by atoms with van der Waals surface area (Å²) in [6.07, 6.45) is 0.801. The maximum atomic E-state index is 11.6. The van der Waals surface area contributed by atoms with Gasteiger partial charge < -0.3 is 24.3 Å². The van der Waals surface area contributed by atoms with Crippen molar-refractivity contribution < 1.29 is 23.7 Å². The van der Waals surface area contributed by atoms with Gasteiger partial charge in [0.05, 0.1) is 26.4 Å². The first-order valence-corrected chi connectivity index (χ1v) is 7.03. The van der Waals surface area contributed by atoms with Crippen LogP contribution in [0.2, 0.25) is 0 Å². The summed E-state index contributed by atoms with van der Waals surface area (Å²) in [4.78, 5) is 11.6. The van der Waals surface area contributed by atoms with E-state index in [0.717, 1.165) is 13.1 Å². The number of para-hydroxylation sites is 2. The number of benzene rings is 1. The Labute approximate surface area is 136 Å². The van der Waals surface area contributed by atoms with Gasteiger partial charge >= 0.3 is 5.97 Å². The van der Waals surface area contributed by atoms with Gasteiger partial charge in [-0.3, -0.25) is 0 Å². The summed E-state index contributed by atoms with van der Waals surface area (Å²) in [6.45, 7) is 2.58. The number of methoxy groups -OCH3 is 1. The van der Waals surface area contributed by atoms with Crippen molar-refractivity contribution in [3.8, 4) is 11.5 Å². The largest absolute Gasteiger partial charge is 0.493 e. The van der Waals surface area contributed by atoms with Crippen LogP contribution in [0.1, 0.15) is 6.42 Å². The van der Waals surface area contributed by atoms with Gasteiger partial charge in [-0.2, -0.15) is 0 Å². The maximum absolute atomic E-state index is 11.6. The van der Waals surface area contributed by atoms with E-state index in [-0.39, 0.29) is 25.1 Å². The SMILES string of the molecule is COc1ccccc1OCC(=O)OCCC1CNCCO1.Cl. The van der Waals surface area contributed by atoms with E-state index in [9.17, 15) is 4.79 Å². The molecule has 0 spiro atoms. The van der Waals surface area contributed by atoms with Crippen LogP contribution in [0, 0.1) is 0 Å². The lowest BCUT2D eigenvalue weighted by Crippen LogP contribution is -2.39. The first-order valence-electron chi connectivity index (χ1n) is 7.03. The number of morpholine rings is 1. The highest BCUT2D eigenvalue weighted by Crippen LogP contribution is 2.25. The number of rotatable bonds is 7. The second kappa shape index (κ2) is 10.3. The summed E-state index contributed by atoms with van der Waals surface area (Å²) in [5, 5.41) is 3.23. The molecule has 2 rings (SSSR count). The lowest BCUT2D eigenvalue weighted by atomic mass is 10.2. The van der Waals surface area contributed by atoms with Crippen LogP contribution in [0.3, 0.4) is 0 Å². The molecule has 1 heterocycles. The first kappa shape index (κ1) is 18.5. The Hall–Kier alpha value is -1.50. The van der Waals surface area contributed by atoms with Crippen LogP contribution in [0.4, 0.5) is 0 Å². The van der Waals surface area contributed by atoms with Crippen molar-refractivity contribution in [1.82, 2.24) is 5.32 Å². The molecular weight excluding hydrogens is 310 g/mol. The molecular formula is C15H22ClNO5. The second-order valence-electron chi connectivity index (χ2n) is 4.65. The minimum absolute atomic E-state index is 0. The molecule has 0 bridgehead atoms. The van der Waals surface area contributed by atoms with E-state index >= 15 is 0 Å². The average Bonchev–Trinajstić information content (AvgIpc) is 2.54. The molecule has 22 heavy (non-hydrogen) atoms. The monoisotopic (exact) mass is 331 g/mol. The molecule has 1 atom stereocenters. The predicted molar refractivity (Wildman–Crippen MR) is 83.9 cm³/mol. The Kier molecular flexibility index (Phi) is 8.65. The topological polar surface area (TPSA) is 66.0 Å². The van der Waals surface area contributed by atoms with Gasteiger partial charge in [-0.15, -0.1) is 12.4 Å². The quantitative estimate of drug-likeness (QED) is 0.762. The molecule has 1 fully saturated rings. The summed E-state index contributed by atoms with van der Waals surface area (Å²) < 4.78 is 21.2. The number of esters is 1. The zero-order valence-electron chi connectivity index (χ0n) is 12.6. The first-order chi connectivity index (χ1) is 10.3. The smallest absolute Gasteiger partial charge is 0.344 e. The van der Waals surface area contributed by atoms with Crippen molar-refractivity contribution in [3.05, 3.63) is 24.3 Å². The van der Waals surface area contributed by atoms with Crippen molar-refractivity contribution in [2.24, 2.45) is 0 Å². The number of carbonyl (C=O) groups is 1. The number of hydrogen-bond acceptors (Lipinski definition) is 6. The standard InChI is InChI=1S/C15H21NO5.ClH/c1-18-13-4-2-3-5-14(13)21-11-15(17)20-8-6-12-10-16-7-9-19-12;/h2-5,12,16H,6-11H2,1H3;1H. The molecule has 124 valence electrons. The lowest BCUT2D eigenvalue weighted by Gasteiger charge is -2.23. The fourth-order valence-electron chi connectivity index (χ4n) is 2.03. The number of ether oxygens (including phenoxy) is 4. The van der Waals surface area contributed by atoms with E-state index < -0.39 is 5.97 Å². The van der Waals surface area contributed by atoms with Gasteiger partial charge in [-0.25, -0.2) is 4.79 Å².